The molecule has 0 radical (unpaired) electrons. The van der Waals surface area contributed by atoms with E-state index in [0.29, 0.717) is 57.6 Å². The molecule has 0 N–H and O–H groups in total. The molecule has 2 saturated heterocycles. The van der Waals surface area contributed by atoms with Gasteiger partial charge in [0.15, 0.2) is 0 Å². The minimum absolute atomic E-state index is 0.0111. The molecule has 5 aromatic carbocycles. The minimum atomic E-state index is -3.48. The number of ether oxygens (including phenoxy) is 4. The Labute approximate surface area is 444 Å². The number of fused-ring (bicyclic) bond motifs is 6. The van der Waals surface area contributed by atoms with Gasteiger partial charge in [-0.1, -0.05) is 91.0 Å². The van der Waals surface area contributed by atoms with Gasteiger partial charge in [-0.2, -0.15) is 8.78 Å². The molecule has 5 aliphatic rings. The van der Waals surface area contributed by atoms with Crippen LogP contribution in [0.5, 0.6) is 0 Å². The van der Waals surface area contributed by atoms with Crippen LogP contribution in [0.25, 0.3) is 44.5 Å². The predicted octanol–water partition coefficient (Wildman–Crippen LogP) is 14.0. The second-order valence-corrected chi connectivity index (χ2v) is 23.4. The summed E-state index contributed by atoms with van der Waals surface area (Å²) in [6.45, 7) is 11.2. The number of hydrogen-bond donors (Lipinski definition) is 0. The zero-order chi connectivity index (χ0) is 53.8. The maximum Gasteiger partial charge on any atom is 0.420 e. The first-order valence-corrected chi connectivity index (χ1v) is 26.5. The van der Waals surface area contributed by atoms with Crippen molar-refractivity contribution in [3.63, 3.8) is 0 Å². The van der Waals surface area contributed by atoms with Crippen LogP contribution in [0.4, 0.5) is 28.0 Å². The predicted molar refractivity (Wildman–Crippen MR) is 283 cm³/mol. The first-order chi connectivity index (χ1) is 36.7. The largest absolute Gasteiger partial charge is 0.444 e. The van der Waals surface area contributed by atoms with E-state index < -0.39 is 53.6 Å². The number of halogens is 2. The lowest BCUT2D eigenvalue weighted by Gasteiger charge is -2.36. The van der Waals surface area contributed by atoms with E-state index in [9.17, 15) is 19.2 Å². The Bertz CT molecular complexity index is 3500. The van der Waals surface area contributed by atoms with Gasteiger partial charge in [0.1, 0.15) is 36.1 Å². The van der Waals surface area contributed by atoms with Crippen molar-refractivity contribution >= 4 is 35.4 Å². The fraction of sp³-hybridized carbons (Fsp3) is 0.377. The molecule has 4 heterocycles. The molecule has 16 heteroatoms. The standard InChI is InChI=1S/C61H60F2N6O8/c1-58(2,3)76-54(70)66-35-60(25-26-60)31-49(66)52-64-32-50(69(52)56(72)75-34-37-15-11-8-12-16-37)40-19-23-44-43-22-18-38(28-45(43)61(62,63)46(44)29-40)39-20-24-47-48(30-39)68(55(71)74-33-36-13-9-7-10-14-36)53(65-47)51-41-17-21-42(27-41)67(51)57(73)77-59(4,5)6/h7-16,18-20,22-24,28-30,32,41-42,49,51H,17,21,25-27,31,33-35H2,1-6H3/t41-,42+,49-,51-/m0/s1. The third-order valence-corrected chi connectivity index (χ3v) is 15.7. The van der Waals surface area contributed by atoms with Crippen LogP contribution >= 0.6 is 0 Å². The lowest BCUT2D eigenvalue weighted by Crippen LogP contribution is -2.44. The van der Waals surface area contributed by atoms with Gasteiger partial charge in [-0.25, -0.2) is 38.3 Å². The number of benzene rings is 5. The van der Waals surface area contributed by atoms with Crippen molar-refractivity contribution in [2.75, 3.05) is 6.54 Å². The second-order valence-electron chi connectivity index (χ2n) is 23.4. The van der Waals surface area contributed by atoms with Crippen LogP contribution in [0.15, 0.2) is 121 Å². The molecule has 2 aromatic heterocycles. The number of piperidine rings is 1. The lowest BCUT2D eigenvalue weighted by atomic mass is 9.98. The van der Waals surface area contributed by atoms with Gasteiger partial charge in [-0.15, -0.1) is 0 Å². The van der Waals surface area contributed by atoms with Crippen LogP contribution in [0.2, 0.25) is 0 Å². The smallest absolute Gasteiger partial charge is 0.420 e. The number of likely N-dealkylation sites (tertiary alicyclic amines) is 2. The van der Waals surface area contributed by atoms with Gasteiger partial charge in [0.25, 0.3) is 5.92 Å². The topological polar surface area (TPSA) is 147 Å². The van der Waals surface area contributed by atoms with Crippen LogP contribution in [0.3, 0.4) is 0 Å². The fourth-order valence-electron chi connectivity index (χ4n) is 12.0. The zero-order valence-electron chi connectivity index (χ0n) is 43.9. The quantitative estimate of drug-likeness (QED) is 0.135. The van der Waals surface area contributed by atoms with Crippen LogP contribution in [0.1, 0.15) is 126 Å². The lowest BCUT2D eigenvalue weighted by molar-refractivity contribution is 0.00560. The highest BCUT2D eigenvalue weighted by Gasteiger charge is 2.56. The molecule has 2 amide bonds. The van der Waals surface area contributed by atoms with Crippen molar-refractivity contribution in [1.82, 2.24) is 28.9 Å². The van der Waals surface area contributed by atoms with Crippen molar-refractivity contribution < 1.29 is 46.9 Å². The Morgan fingerprint density at radius 2 is 1.22 bits per heavy atom. The Hall–Kier alpha value is -7.88. The number of nitrogens with zero attached hydrogens (tertiary/aromatic N) is 6. The molecule has 2 saturated carbocycles. The SMILES string of the molecule is CC(C)(C)OC(=O)N1CC2(CC2)C[C@H]1c1ncc(-c2ccc3c(c2)C(F)(F)c2cc(-c4ccc5nc([C@@H]6[C@H]7CC[C@H](C7)N6C(=O)OC(C)(C)C)n(C(=O)OCc6ccccc6)c5c4)ccc2-3)n1C(=O)OCc1ccccc1. The van der Waals surface area contributed by atoms with E-state index in [1.165, 1.54) is 27.5 Å². The van der Waals surface area contributed by atoms with E-state index in [1.807, 2.05) is 81.4 Å². The summed E-state index contributed by atoms with van der Waals surface area (Å²) in [5.41, 5.74) is 2.57. The van der Waals surface area contributed by atoms with Crippen molar-refractivity contribution in [3.8, 4) is 33.5 Å². The Morgan fingerprint density at radius 1 is 0.649 bits per heavy atom. The fourth-order valence-corrected chi connectivity index (χ4v) is 12.0. The summed E-state index contributed by atoms with van der Waals surface area (Å²) in [7, 11) is 0. The summed E-state index contributed by atoms with van der Waals surface area (Å²) < 4.78 is 61.0. The van der Waals surface area contributed by atoms with Gasteiger partial charge in [0.2, 0.25) is 0 Å². The molecule has 2 bridgehead atoms. The molecule has 3 aliphatic carbocycles. The van der Waals surface area contributed by atoms with Gasteiger partial charge in [0.05, 0.1) is 35.0 Å². The zero-order valence-corrected chi connectivity index (χ0v) is 43.9. The van der Waals surface area contributed by atoms with Crippen LogP contribution in [-0.4, -0.2) is 77.1 Å². The van der Waals surface area contributed by atoms with E-state index in [4.69, 9.17) is 28.9 Å². The maximum absolute atomic E-state index is 17.3. The van der Waals surface area contributed by atoms with E-state index in [0.717, 1.165) is 43.2 Å². The van der Waals surface area contributed by atoms with Crippen LogP contribution in [-0.2, 0) is 38.1 Å². The summed E-state index contributed by atoms with van der Waals surface area (Å²) >= 11 is 0. The minimum Gasteiger partial charge on any atom is -0.444 e. The highest BCUT2D eigenvalue weighted by molar-refractivity contribution is 5.92. The Kier molecular flexibility index (Phi) is 11.9. The second kappa shape index (κ2) is 18.4. The summed E-state index contributed by atoms with van der Waals surface area (Å²) in [6, 6.07) is 32.2. The van der Waals surface area contributed by atoms with Gasteiger partial charge >= 0.3 is 24.4 Å². The molecule has 14 nitrogen and oxygen atoms in total. The van der Waals surface area contributed by atoms with Crippen molar-refractivity contribution in [1.29, 1.82) is 0 Å². The monoisotopic (exact) mass is 1040 g/mol. The molecule has 77 heavy (non-hydrogen) atoms. The molecule has 1 spiro atoms. The number of amides is 2. The number of hydrogen-bond acceptors (Lipinski definition) is 10. The van der Waals surface area contributed by atoms with Gasteiger partial charge < -0.3 is 18.9 Å². The molecule has 12 rings (SSSR count). The molecule has 4 atom stereocenters. The average molecular weight is 1040 g/mol. The first kappa shape index (κ1) is 50.0. The highest BCUT2D eigenvalue weighted by Crippen LogP contribution is 2.59. The van der Waals surface area contributed by atoms with E-state index in [2.05, 4.69) is 0 Å². The summed E-state index contributed by atoms with van der Waals surface area (Å²) in [6.07, 6.45) is 3.83. The Morgan fingerprint density at radius 3 is 1.84 bits per heavy atom. The highest BCUT2D eigenvalue weighted by atomic mass is 19.3. The Balaban J connectivity index is 0.895. The number of aromatic nitrogens is 4. The maximum atomic E-state index is 17.3. The summed E-state index contributed by atoms with van der Waals surface area (Å²) in [4.78, 5) is 69.8. The van der Waals surface area contributed by atoms with Crippen molar-refractivity contribution in [2.45, 2.75) is 129 Å². The van der Waals surface area contributed by atoms with Crippen LogP contribution in [0, 0.1) is 11.3 Å². The number of alkyl halides is 2. The van der Waals surface area contributed by atoms with Crippen molar-refractivity contribution in [3.05, 3.63) is 155 Å². The van der Waals surface area contributed by atoms with E-state index in [-0.39, 0.29) is 53.2 Å². The third-order valence-electron chi connectivity index (χ3n) is 15.7. The molecule has 0 unspecified atom stereocenters. The van der Waals surface area contributed by atoms with Crippen molar-refractivity contribution in [2.24, 2.45) is 11.3 Å². The van der Waals surface area contributed by atoms with Gasteiger partial charge in [-0.05, 0) is 149 Å². The normalized spacial score (nSPS) is 20.6. The first-order valence-electron chi connectivity index (χ1n) is 26.5. The summed E-state index contributed by atoms with van der Waals surface area (Å²) in [5.74, 6) is -2.84. The number of carbonyl (C=O) groups is 4. The number of rotatable bonds is 8. The van der Waals surface area contributed by atoms with E-state index >= 15 is 8.78 Å². The van der Waals surface area contributed by atoms with Gasteiger partial charge in [0, 0.05) is 29.3 Å². The molecule has 4 fully saturated rings. The summed E-state index contributed by atoms with van der Waals surface area (Å²) in [5, 5.41) is 0. The van der Waals surface area contributed by atoms with Gasteiger partial charge in [-0.3, -0.25) is 9.80 Å². The van der Waals surface area contributed by atoms with Crippen LogP contribution < -0.4 is 0 Å². The molecular formula is C61H60F2N6O8. The number of imidazole rings is 2. The molecular weight excluding hydrogens is 983 g/mol. The van der Waals surface area contributed by atoms with E-state index in [1.54, 1.807) is 73.0 Å². The molecule has 2 aliphatic heterocycles. The third kappa shape index (κ3) is 9.18. The average Bonchev–Trinajstić information content (AvgIpc) is 4.26. The molecule has 7 aromatic rings. The molecule has 396 valence electrons. The number of carbonyl (C=O) groups excluding carboxylic acids is 4.